The van der Waals surface area contributed by atoms with Gasteiger partial charge in [-0.05, 0) is 38.0 Å². The Morgan fingerprint density at radius 1 is 1.42 bits per heavy atom. The molecule has 6 nitrogen and oxygen atoms in total. The second-order valence-electron chi connectivity index (χ2n) is 5.93. The Morgan fingerprint density at radius 2 is 2.25 bits per heavy atom. The Labute approximate surface area is 141 Å². The predicted octanol–water partition coefficient (Wildman–Crippen LogP) is 2.39. The third kappa shape index (κ3) is 3.40. The number of para-hydroxylation sites is 1. The molecule has 0 saturated carbocycles. The zero-order chi connectivity index (χ0) is 16.9. The summed E-state index contributed by atoms with van der Waals surface area (Å²) < 4.78 is 7.65. The first-order chi connectivity index (χ1) is 11.7. The summed E-state index contributed by atoms with van der Waals surface area (Å²) in [4.78, 5) is 14.5. The van der Waals surface area contributed by atoms with Gasteiger partial charge in [-0.2, -0.15) is 10.4 Å². The summed E-state index contributed by atoms with van der Waals surface area (Å²) in [6.07, 6.45) is 5.01. The molecule has 0 radical (unpaired) electrons. The molecule has 1 amide bonds. The molecule has 0 aliphatic carbocycles. The number of amides is 1. The Hall–Kier alpha value is -2.81. The van der Waals surface area contributed by atoms with Crippen molar-refractivity contribution in [1.82, 2.24) is 14.7 Å². The van der Waals surface area contributed by atoms with E-state index in [9.17, 15) is 4.79 Å². The Bertz CT molecular complexity index is 736. The normalized spacial score (nSPS) is 18.7. The molecule has 1 aromatic carbocycles. The summed E-state index contributed by atoms with van der Waals surface area (Å²) in [7, 11) is 0. The van der Waals surface area contributed by atoms with Crippen LogP contribution in [-0.2, 0) is 4.79 Å². The van der Waals surface area contributed by atoms with E-state index in [1.54, 1.807) is 37.4 Å². The number of aromatic nitrogens is 2. The highest BCUT2D eigenvalue weighted by Crippen LogP contribution is 2.23. The van der Waals surface area contributed by atoms with Gasteiger partial charge in [0.25, 0.3) is 5.91 Å². The Balaban J connectivity index is 1.66. The van der Waals surface area contributed by atoms with Crippen molar-refractivity contribution in [3.05, 3.63) is 48.3 Å². The summed E-state index contributed by atoms with van der Waals surface area (Å²) in [5.74, 6) is 0.390. The fourth-order valence-electron chi connectivity index (χ4n) is 3.03. The van der Waals surface area contributed by atoms with Crippen molar-refractivity contribution >= 4 is 5.91 Å². The van der Waals surface area contributed by atoms with Gasteiger partial charge in [-0.25, -0.2) is 0 Å². The highest BCUT2D eigenvalue weighted by atomic mass is 16.5. The molecular formula is C18H20N4O2. The average molecular weight is 324 g/mol. The summed E-state index contributed by atoms with van der Waals surface area (Å²) >= 11 is 0. The van der Waals surface area contributed by atoms with Gasteiger partial charge in [0.15, 0.2) is 6.10 Å². The van der Waals surface area contributed by atoms with Gasteiger partial charge in [0.1, 0.15) is 11.8 Å². The van der Waals surface area contributed by atoms with Gasteiger partial charge >= 0.3 is 0 Å². The third-order valence-corrected chi connectivity index (χ3v) is 4.27. The molecular weight excluding hydrogens is 304 g/mol. The minimum absolute atomic E-state index is 0.0559. The van der Waals surface area contributed by atoms with Crippen LogP contribution in [0.5, 0.6) is 5.75 Å². The summed E-state index contributed by atoms with van der Waals surface area (Å²) in [5, 5.41) is 13.4. The van der Waals surface area contributed by atoms with Crippen LogP contribution in [-0.4, -0.2) is 39.8 Å². The number of ether oxygens (including phenoxy) is 1. The molecule has 0 bridgehead atoms. The molecule has 2 aromatic rings. The Morgan fingerprint density at radius 3 is 3.00 bits per heavy atom. The number of likely N-dealkylation sites (tertiary alicyclic amines) is 1. The van der Waals surface area contributed by atoms with Crippen molar-refractivity contribution < 1.29 is 9.53 Å². The van der Waals surface area contributed by atoms with Crippen LogP contribution in [0.1, 0.15) is 31.4 Å². The van der Waals surface area contributed by atoms with Gasteiger partial charge in [0.2, 0.25) is 0 Å². The molecule has 0 spiro atoms. The van der Waals surface area contributed by atoms with Crippen LogP contribution in [0.25, 0.3) is 0 Å². The molecule has 6 heteroatoms. The van der Waals surface area contributed by atoms with E-state index in [-0.39, 0.29) is 11.9 Å². The summed E-state index contributed by atoms with van der Waals surface area (Å²) in [6.45, 7) is 3.09. The molecule has 1 aromatic heterocycles. The van der Waals surface area contributed by atoms with Crippen LogP contribution in [0, 0.1) is 11.3 Å². The quantitative estimate of drug-likeness (QED) is 0.866. The number of nitrogens with zero attached hydrogens (tertiary/aromatic N) is 4. The maximum atomic E-state index is 12.7. The molecule has 1 saturated heterocycles. The molecule has 2 heterocycles. The smallest absolute Gasteiger partial charge is 0.263 e. The van der Waals surface area contributed by atoms with Crippen molar-refractivity contribution in [2.24, 2.45) is 0 Å². The second-order valence-corrected chi connectivity index (χ2v) is 5.93. The van der Waals surface area contributed by atoms with Crippen LogP contribution >= 0.6 is 0 Å². The molecule has 0 unspecified atom stereocenters. The van der Waals surface area contributed by atoms with E-state index in [1.165, 1.54) is 0 Å². The topological polar surface area (TPSA) is 71.2 Å². The maximum absolute atomic E-state index is 12.7. The largest absolute Gasteiger partial charge is 0.480 e. The van der Waals surface area contributed by atoms with Crippen molar-refractivity contribution in [1.29, 1.82) is 5.26 Å². The number of rotatable bonds is 4. The summed E-state index contributed by atoms with van der Waals surface area (Å²) in [6, 6.07) is 11.1. The van der Waals surface area contributed by atoms with Crippen molar-refractivity contribution in [2.75, 3.05) is 13.1 Å². The number of nitriles is 1. The lowest BCUT2D eigenvalue weighted by Gasteiger charge is -2.34. The first kappa shape index (κ1) is 16.1. The fraction of sp³-hybridized carbons (Fsp3) is 0.389. The minimum atomic E-state index is -0.629. The minimum Gasteiger partial charge on any atom is -0.480 e. The van der Waals surface area contributed by atoms with Gasteiger partial charge in [-0.15, -0.1) is 0 Å². The number of hydrogen-bond donors (Lipinski definition) is 0. The number of piperidine rings is 1. The first-order valence-corrected chi connectivity index (χ1v) is 8.12. The molecule has 1 fully saturated rings. The lowest BCUT2D eigenvalue weighted by atomic mass is 10.1. The van der Waals surface area contributed by atoms with Gasteiger partial charge in [-0.1, -0.05) is 12.1 Å². The molecule has 2 atom stereocenters. The third-order valence-electron chi connectivity index (χ3n) is 4.27. The van der Waals surface area contributed by atoms with Gasteiger partial charge in [0, 0.05) is 25.5 Å². The highest BCUT2D eigenvalue weighted by molar-refractivity contribution is 5.81. The lowest BCUT2D eigenvalue weighted by Crippen LogP contribution is -2.46. The van der Waals surface area contributed by atoms with Gasteiger partial charge in [-0.3, -0.25) is 9.48 Å². The van der Waals surface area contributed by atoms with Crippen molar-refractivity contribution in [2.45, 2.75) is 31.9 Å². The first-order valence-electron chi connectivity index (χ1n) is 8.12. The van der Waals surface area contributed by atoms with Gasteiger partial charge < -0.3 is 9.64 Å². The predicted molar refractivity (Wildman–Crippen MR) is 88.3 cm³/mol. The van der Waals surface area contributed by atoms with E-state index in [0.717, 1.165) is 19.4 Å². The number of hydrogen-bond acceptors (Lipinski definition) is 4. The SMILES string of the molecule is C[C@@H](Oc1ccccc1C#N)C(=O)N1CCC[C@@H](n2cccn2)C1. The lowest BCUT2D eigenvalue weighted by molar-refractivity contribution is -0.139. The van der Waals surface area contributed by atoms with E-state index in [0.29, 0.717) is 17.9 Å². The van der Waals surface area contributed by atoms with E-state index in [2.05, 4.69) is 11.2 Å². The average Bonchev–Trinajstić information content (AvgIpc) is 3.16. The van der Waals surface area contributed by atoms with Crippen molar-refractivity contribution in [3.63, 3.8) is 0 Å². The van der Waals surface area contributed by atoms with Crippen LogP contribution in [0.3, 0.4) is 0 Å². The monoisotopic (exact) mass is 324 g/mol. The molecule has 1 aliphatic heterocycles. The van der Waals surface area contributed by atoms with E-state index >= 15 is 0 Å². The maximum Gasteiger partial charge on any atom is 0.263 e. The van der Waals surface area contributed by atoms with E-state index < -0.39 is 6.10 Å². The van der Waals surface area contributed by atoms with E-state index in [4.69, 9.17) is 10.00 Å². The zero-order valence-corrected chi connectivity index (χ0v) is 13.6. The molecule has 24 heavy (non-hydrogen) atoms. The number of carbonyl (C=O) groups excluding carboxylic acids is 1. The number of carbonyl (C=O) groups is 1. The van der Waals surface area contributed by atoms with Crippen LogP contribution in [0.2, 0.25) is 0 Å². The van der Waals surface area contributed by atoms with Crippen LogP contribution in [0.15, 0.2) is 42.7 Å². The van der Waals surface area contributed by atoms with Crippen molar-refractivity contribution in [3.8, 4) is 11.8 Å². The second kappa shape index (κ2) is 7.18. The molecule has 1 aliphatic rings. The number of benzene rings is 1. The Kier molecular flexibility index (Phi) is 4.80. The zero-order valence-electron chi connectivity index (χ0n) is 13.6. The highest BCUT2D eigenvalue weighted by Gasteiger charge is 2.29. The van der Waals surface area contributed by atoms with E-state index in [1.807, 2.05) is 21.8 Å². The fourth-order valence-corrected chi connectivity index (χ4v) is 3.03. The molecule has 3 rings (SSSR count). The van der Waals surface area contributed by atoms with Crippen LogP contribution < -0.4 is 4.74 Å². The van der Waals surface area contributed by atoms with Gasteiger partial charge in [0.05, 0.1) is 11.6 Å². The van der Waals surface area contributed by atoms with Crippen LogP contribution in [0.4, 0.5) is 0 Å². The molecule has 124 valence electrons. The standard InChI is InChI=1S/C18H20N4O2/c1-14(24-17-8-3-2-6-15(17)12-19)18(23)21-10-4-7-16(13-21)22-11-5-9-20-22/h2-3,5-6,8-9,11,14,16H,4,7,10,13H2,1H3/t14-,16-/m1/s1. The molecule has 0 N–H and O–H groups in total. The summed E-state index contributed by atoms with van der Waals surface area (Å²) in [5.41, 5.74) is 0.435.